The van der Waals surface area contributed by atoms with Crippen LogP contribution in [0.25, 0.3) is 11.0 Å². The van der Waals surface area contributed by atoms with E-state index in [1.54, 1.807) is 30.6 Å². The van der Waals surface area contributed by atoms with Crippen molar-refractivity contribution < 1.29 is 9.59 Å². The Morgan fingerprint density at radius 1 is 1.08 bits per heavy atom. The number of anilines is 1. The summed E-state index contributed by atoms with van der Waals surface area (Å²) in [5.41, 5.74) is 3.24. The molecule has 3 aromatic rings. The minimum absolute atomic E-state index is 0.0580. The second-order valence-corrected chi connectivity index (χ2v) is 6.55. The van der Waals surface area contributed by atoms with Gasteiger partial charge >= 0.3 is 0 Å². The molecule has 4 rings (SSSR count). The third-order valence-electron chi connectivity index (χ3n) is 4.45. The molecule has 2 N–H and O–H groups in total. The highest BCUT2D eigenvalue weighted by Crippen LogP contribution is 2.20. The molecule has 0 spiro atoms. The third kappa shape index (κ3) is 3.74. The van der Waals surface area contributed by atoms with Crippen molar-refractivity contribution in [1.29, 1.82) is 0 Å². The number of para-hydroxylation sites is 2. The zero-order valence-electron chi connectivity index (χ0n) is 14.3. The fourth-order valence-electron chi connectivity index (χ4n) is 2.84. The van der Waals surface area contributed by atoms with Gasteiger partial charge in [0.1, 0.15) is 0 Å². The van der Waals surface area contributed by atoms with E-state index in [0.29, 0.717) is 30.3 Å². The van der Waals surface area contributed by atoms with E-state index in [-0.39, 0.29) is 11.8 Å². The summed E-state index contributed by atoms with van der Waals surface area (Å²) in [6.07, 6.45) is 4.23. The number of rotatable bonds is 6. The molecule has 1 aliphatic carbocycles. The molecule has 0 unspecified atom stereocenters. The Balaban J connectivity index is 1.32. The number of fused-ring (bicyclic) bond motifs is 1. The number of hydrogen-bond donors (Lipinski definition) is 2. The van der Waals surface area contributed by atoms with Gasteiger partial charge < -0.3 is 15.2 Å². The van der Waals surface area contributed by atoms with Crippen LogP contribution < -0.4 is 10.6 Å². The van der Waals surface area contributed by atoms with Gasteiger partial charge in [0, 0.05) is 30.3 Å². The number of aryl methyl sites for hydroxylation is 1. The van der Waals surface area contributed by atoms with Gasteiger partial charge in [-0.05, 0) is 49.2 Å². The molecule has 0 radical (unpaired) electrons. The van der Waals surface area contributed by atoms with Crippen LogP contribution >= 0.6 is 0 Å². The van der Waals surface area contributed by atoms with Crippen LogP contribution in [0.1, 0.15) is 29.6 Å². The van der Waals surface area contributed by atoms with Crippen LogP contribution in [0.4, 0.5) is 5.69 Å². The molecule has 0 aliphatic heterocycles. The minimum Gasteiger partial charge on any atom is -0.349 e. The summed E-state index contributed by atoms with van der Waals surface area (Å²) in [6.45, 7) is 0.564. The summed E-state index contributed by atoms with van der Waals surface area (Å²) in [4.78, 5) is 28.5. The van der Waals surface area contributed by atoms with E-state index in [1.807, 2.05) is 28.8 Å². The maximum atomic E-state index is 12.2. The van der Waals surface area contributed by atoms with Crippen molar-refractivity contribution in [3.05, 3.63) is 60.4 Å². The normalized spacial score (nSPS) is 13.5. The van der Waals surface area contributed by atoms with Gasteiger partial charge in [0.15, 0.2) is 0 Å². The number of amides is 2. The number of benzene rings is 2. The molecule has 26 heavy (non-hydrogen) atoms. The number of carbonyl (C=O) groups is 2. The molecular formula is C20H20N4O2. The van der Waals surface area contributed by atoms with E-state index in [2.05, 4.69) is 15.6 Å². The number of nitrogens with one attached hydrogen (secondary N) is 2. The molecule has 132 valence electrons. The Morgan fingerprint density at radius 2 is 1.85 bits per heavy atom. The number of hydrogen-bond acceptors (Lipinski definition) is 3. The first-order valence-corrected chi connectivity index (χ1v) is 8.80. The van der Waals surface area contributed by atoms with Crippen molar-refractivity contribution in [2.24, 2.45) is 0 Å². The minimum atomic E-state index is -0.0713. The summed E-state index contributed by atoms with van der Waals surface area (Å²) in [6, 6.07) is 15.2. The summed E-state index contributed by atoms with van der Waals surface area (Å²) < 4.78 is 1.97. The second-order valence-electron chi connectivity index (χ2n) is 6.55. The van der Waals surface area contributed by atoms with Crippen molar-refractivity contribution in [2.45, 2.75) is 31.8 Å². The van der Waals surface area contributed by atoms with E-state index >= 15 is 0 Å². The van der Waals surface area contributed by atoms with Gasteiger partial charge in [-0.2, -0.15) is 0 Å². The predicted molar refractivity (Wildman–Crippen MR) is 99.9 cm³/mol. The Kier molecular flexibility index (Phi) is 4.39. The fraction of sp³-hybridized carbons (Fsp3) is 0.250. The van der Waals surface area contributed by atoms with Gasteiger partial charge in [-0.25, -0.2) is 4.98 Å². The Labute approximate surface area is 151 Å². The van der Waals surface area contributed by atoms with E-state index in [4.69, 9.17) is 0 Å². The molecule has 0 atom stereocenters. The van der Waals surface area contributed by atoms with Crippen LogP contribution in [0.15, 0.2) is 54.9 Å². The Bertz CT molecular complexity index is 942. The summed E-state index contributed by atoms with van der Waals surface area (Å²) in [5, 5.41) is 5.81. The van der Waals surface area contributed by atoms with Crippen LogP contribution in [-0.4, -0.2) is 27.4 Å². The highest BCUT2D eigenvalue weighted by molar-refractivity contribution is 5.96. The lowest BCUT2D eigenvalue weighted by molar-refractivity contribution is -0.116. The van der Waals surface area contributed by atoms with Gasteiger partial charge in [-0.15, -0.1) is 0 Å². The largest absolute Gasteiger partial charge is 0.349 e. The van der Waals surface area contributed by atoms with E-state index < -0.39 is 0 Å². The average Bonchev–Trinajstić information content (AvgIpc) is 3.37. The number of nitrogens with zero attached hydrogens (tertiary/aromatic N) is 2. The Hall–Kier alpha value is -3.15. The molecule has 2 amide bonds. The average molecular weight is 348 g/mol. The quantitative estimate of drug-likeness (QED) is 0.719. The van der Waals surface area contributed by atoms with Gasteiger partial charge in [-0.3, -0.25) is 9.59 Å². The van der Waals surface area contributed by atoms with E-state index in [1.165, 1.54) is 0 Å². The molecule has 1 aromatic heterocycles. The predicted octanol–water partition coefficient (Wildman–Crippen LogP) is 2.96. The number of aromatic nitrogens is 2. The molecule has 1 aliphatic rings. The fourth-order valence-corrected chi connectivity index (χ4v) is 2.84. The van der Waals surface area contributed by atoms with Crippen LogP contribution in [-0.2, 0) is 11.3 Å². The smallest absolute Gasteiger partial charge is 0.251 e. The highest BCUT2D eigenvalue weighted by Gasteiger charge is 2.23. The second kappa shape index (κ2) is 7.00. The summed E-state index contributed by atoms with van der Waals surface area (Å²) in [7, 11) is 0. The molecule has 1 fully saturated rings. The van der Waals surface area contributed by atoms with Crippen LogP contribution in [0.2, 0.25) is 0 Å². The molecule has 1 saturated carbocycles. The standard InChI is InChI=1S/C20H20N4O2/c25-19(11-12-24-13-21-17-3-1-2-4-18(17)24)22-15-7-5-14(6-8-15)20(26)23-16-9-10-16/h1-8,13,16H,9-12H2,(H,22,25)(H,23,26). The monoisotopic (exact) mass is 348 g/mol. The van der Waals surface area contributed by atoms with Crippen LogP contribution in [0.3, 0.4) is 0 Å². The maximum absolute atomic E-state index is 12.2. The zero-order chi connectivity index (χ0) is 17.9. The van der Waals surface area contributed by atoms with Crippen molar-refractivity contribution >= 4 is 28.5 Å². The Morgan fingerprint density at radius 3 is 2.62 bits per heavy atom. The van der Waals surface area contributed by atoms with Crippen molar-refractivity contribution in [2.75, 3.05) is 5.32 Å². The molecule has 1 heterocycles. The number of imidazole rings is 1. The number of carbonyl (C=O) groups excluding carboxylic acids is 2. The SMILES string of the molecule is O=C(CCn1cnc2ccccc21)Nc1ccc(C(=O)NC2CC2)cc1. The van der Waals surface area contributed by atoms with Crippen LogP contribution in [0.5, 0.6) is 0 Å². The maximum Gasteiger partial charge on any atom is 0.251 e. The molecule has 2 aromatic carbocycles. The van der Waals surface area contributed by atoms with Crippen molar-refractivity contribution in [3.63, 3.8) is 0 Å². The summed E-state index contributed by atoms with van der Waals surface area (Å²) in [5.74, 6) is -0.129. The zero-order valence-corrected chi connectivity index (χ0v) is 14.3. The lowest BCUT2D eigenvalue weighted by Crippen LogP contribution is -2.25. The first-order chi connectivity index (χ1) is 12.7. The molecular weight excluding hydrogens is 328 g/mol. The molecule has 0 saturated heterocycles. The molecule has 6 nitrogen and oxygen atoms in total. The molecule has 6 heteroatoms. The van der Waals surface area contributed by atoms with Gasteiger partial charge in [0.05, 0.1) is 17.4 Å². The summed E-state index contributed by atoms with van der Waals surface area (Å²) >= 11 is 0. The van der Waals surface area contributed by atoms with Gasteiger partial charge in [0.25, 0.3) is 5.91 Å². The first-order valence-electron chi connectivity index (χ1n) is 8.80. The lowest BCUT2D eigenvalue weighted by atomic mass is 10.2. The highest BCUT2D eigenvalue weighted by atomic mass is 16.2. The topological polar surface area (TPSA) is 76.0 Å². The van der Waals surface area contributed by atoms with Gasteiger partial charge in [-0.1, -0.05) is 12.1 Å². The van der Waals surface area contributed by atoms with Gasteiger partial charge in [0.2, 0.25) is 5.91 Å². The van der Waals surface area contributed by atoms with Crippen molar-refractivity contribution in [3.8, 4) is 0 Å². The molecule has 0 bridgehead atoms. The van der Waals surface area contributed by atoms with E-state index in [0.717, 1.165) is 23.9 Å². The first kappa shape index (κ1) is 16.3. The lowest BCUT2D eigenvalue weighted by Gasteiger charge is -2.08. The van der Waals surface area contributed by atoms with E-state index in [9.17, 15) is 9.59 Å². The third-order valence-corrected chi connectivity index (χ3v) is 4.45. The van der Waals surface area contributed by atoms with Crippen LogP contribution in [0, 0.1) is 0 Å². The van der Waals surface area contributed by atoms with Crippen molar-refractivity contribution in [1.82, 2.24) is 14.9 Å².